The highest BCUT2D eigenvalue weighted by atomic mass is 19.1. The normalized spacial score (nSPS) is 12.3. The third kappa shape index (κ3) is 5.65. The molecule has 4 nitrogen and oxygen atoms in total. The Kier molecular flexibility index (Phi) is 6.43. The fourth-order valence-corrected chi connectivity index (χ4v) is 1.69. The number of halogens is 1. The highest BCUT2D eigenvalue weighted by Gasteiger charge is 2.11. The molecule has 1 unspecified atom stereocenters. The summed E-state index contributed by atoms with van der Waals surface area (Å²) in [6, 6.07) is 6.14. The first-order valence-corrected chi connectivity index (χ1v) is 6.45. The van der Waals surface area contributed by atoms with E-state index in [0.717, 1.165) is 0 Å². The lowest BCUT2D eigenvalue weighted by atomic mass is 10.0. The molecule has 5 heteroatoms. The SMILES string of the molecule is CCC(CNC(=O)/C=C/c1ccccc1F)CC(=O)O. The van der Waals surface area contributed by atoms with Crippen molar-refractivity contribution < 1.29 is 19.1 Å². The second-order valence-corrected chi connectivity index (χ2v) is 4.47. The number of amides is 1. The summed E-state index contributed by atoms with van der Waals surface area (Å²) in [5.74, 6) is -1.74. The summed E-state index contributed by atoms with van der Waals surface area (Å²) in [6.07, 6.45) is 3.33. The highest BCUT2D eigenvalue weighted by Crippen LogP contribution is 2.08. The smallest absolute Gasteiger partial charge is 0.303 e. The fourth-order valence-electron chi connectivity index (χ4n) is 1.69. The first-order chi connectivity index (χ1) is 9.52. The first kappa shape index (κ1) is 15.9. The third-order valence-corrected chi connectivity index (χ3v) is 2.93. The van der Waals surface area contributed by atoms with Crippen molar-refractivity contribution in [1.82, 2.24) is 5.32 Å². The van der Waals surface area contributed by atoms with E-state index in [2.05, 4.69) is 5.32 Å². The molecule has 20 heavy (non-hydrogen) atoms. The lowest BCUT2D eigenvalue weighted by Gasteiger charge is -2.12. The minimum Gasteiger partial charge on any atom is -0.481 e. The average molecular weight is 279 g/mol. The van der Waals surface area contributed by atoms with Crippen molar-refractivity contribution in [3.63, 3.8) is 0 Å². The molecule has 1 aromatic carbocycles. The van der Waals surface area contributed by atoms with Gasteiger partial charge < -0.3 is 10.4 Å². The number of aliphatic carboxylic acids is 1. The third-order valence-electron chi connectivity index (χ3n) is 2.93. The van der Waals surface area contributed by atoms with Gasteiger partial charge in [0.2, 0.25) is 5.91 Å². The van der Waals surface area contributed by atoms with E-state index in [1.54, 1.807) is 18.2 Å². The van der Waals surface area contributed by atoms with Crippen molar-refractivity contribution in [2.75, 3.05) is 6.54 Å². The molecule has 1 aromatic rings. The Morgan fingerprint density at radius 2 is 2.10 bits per heavy atom. The van der Waals surface area contributed by atoms with E-state index < -0.39 is 11.8 Å². The van der Waals surface area contributed by atoms with E-state index in [-0.39, 0.29) is 18.2 Å². The van der Waals surface area contributed by atoms with Gasteiger partial charge in [0.05, 0.1) is 0 Å². The highest BCUT2D eigenvalue weighted by molar-refractivity contribution is 5.91. The molecule has 0 aliphatic heterocycles. The first-order valence-electron chi connectivity index (χ1n) is 6.45. The molecule has 0 saturated carbocycles. The van der Waals surface area contributed by atoms with Crippen LogP contribution in [0, 0.1) is 11.7 Å². The van der Waals surface area contributed by atoms with Crippen LogP contribution >= 0.6 is 0 Å². The Labute approximate surface area is 117 Å². The maximum Gasteiger partial charge on any atom is 0.303 e. The number of hydrogen-bond donors (Lipinski definition) is 2. The average Bonchev–Trinajstić information content (AvgIpc) is 2.42. The predicted octanol–water partition coefficient (Wildman–Crippen LogP) is 2.46. The van der Waals surface area contributed by atoms with E-state index in [1.165, 1.54) is 18.2 Å². The van der Waals surface area contributed by atoms with Crippen LogP contribution in [-0.4, -0.2) is 23.5 Å². The number of carboxylic acid groups (broad SMARTS) is 1. The van der Waals surface area contributed by atoms with Crippen molar-refractivity contribution in [2.45, 2.75) is 19.8 Å². The lowest BCUT2D eigenvalue weighted by Crippen LogP contribution is -2.28. The summed E-state index contributed by atoms with van der Waals surface area (Å²) in [7, 11) is 0. The van der Waals surface area contributed by atoms with Gasteiger partial charge in [-0.3, -0.25) is 9.59 Å². The zero-order valence-corrected chi connectivity index (χ0v) is 11.3. The van der Waals surface area contributed by atoms with Crippen molar-refractivity contribution in [1.29, 1.82) is 0 Å². The molecule has 0 spiro atoms. The minimum atomic E-state index is -0.881. The molecule has 0 aromatic heterocycles. The predicted molar refractivity (Wildman–Crippen MR) is 74.5 cm³/mol. The van der Waals surface area contributed by atoms with Gasteiger partial charge >= 0.3 is 5.97 Å². The summed E-state index contributed by atoms with van der Waals surface area (Å²) in [6.45, 7) is 2.16. The van der Waals surface area contributed by atoms with Gasteiger partial charge in [-0.1, -0.05) is 31.5 Å². The Balaban J connectivity index is 2.47. The topological polar surface area (TPSA) is 66.4 Å². The molecule has 0 aliphatic carbocycles. The molecular weight excluding hydrogens is 261 g/mol. The Morgan fingerprint density at radius 3 is 2.70 bits per heavy atom. The number of carbonyl (C=O) groups excluding carboxylic acids is 1. The number of carbonyl (C=O) groups is 2. The van der Waals surface area contributed by atoms with Crippen LogP contribution in [0.4, 0.5) is 4.39 Å². The van der Waals surface area contributed by atoms with Crippen LogP contribution in [0.25, 0.3) is 6.08 Å². The maximum atomic E-state index is 13.3. The zero-order valence-electron chi connectivity index (χ0n) is 11.3. The molecule has 1 amide bonds. The summed E-state index contributed by atoms with van der Waals surface area (Å²) < 4.78 is 13.3. The van der Waals surface area contributed by atoms with Crippen molar-refractivity contribution in [3.05, 3.63) is 41.7 Å². The van der Waals surface area contributed by atoms with Crippen LogP contribution < -0.4 is 5.32 Å². The van der Waals surface area contributed by atoms with Gasteiger partial charge in [0.15, 0.2) is 0 Å². The zero-order chi connectivity index (χ0) is 15.0. The van der Waals surface area contributed by atoms with Crippen LogP contribution in [0.1, 0.15) is 25.3 Å². The van der Waals surface area contributed by atoms with Crippen LogP contribution in [0.15, 0.2) is 30.3 Å². The molecule has 0 radical (unpaired) electrons. The van der Waals surface area contributed by atoms with Gasteiger partial charge in [0, 0.05) is 24.6 Å². The summed E-state index contributed by atoms with van der Waals surface area (Å²) >= 11 is 0. The van der Waals surface area contributed by atoms with Crippen molar-refractivity contribution in [2.24, 2.45) is 5.92 Å². The number of hydrogen-bond acceptors (Lipinski definition) is 2. The van der Waals surface area contributed by atoms with Gasteiger partial charge in [-0.25, -0.2) is 4.39 Å². The van der Waals surface area contributed by atoms with Crippen LogP contribution in [0.2, 0.25) is 0 Å². The molecule has 1 rings (SSSR count). The Bertz CT molecular complexity index is 500. The van der Waals surface area contributed by atoms with Crippen LogP contribution in [0.5, 0.6) is 0 Å². The van der Waals surface area contributed by atoms with Crippen molar-refractivity contribution in [3.8, 4) is 0 Å². The molecule has 0 saturated heterocycles. The molecule has 0 fully saturated rings. The van der Waals surface area contributed by atoms with E-state index in [9.17, 15) is 14.0 Å². The molecule has 108 valence electrons. The van der Waals surface area contributed by atoms with E-state index >= 15 is 0 Å². The molecule has 0 aliphatic rings. The monoisotopic (exact) mass is 279 g/mol. The molecule has 1 atom stereocenters. The lowest BCUT2D eigenvalue weighted by molar-refractivity contribution is -0.138. The van der Waals surface area contributed by atoms with Crippen molar-refractivity contribution >= 4 is 18.0 Å². The summed E-state index contributed by atoms with van der Waals surface area (Å²) in [5, 5.41) is 11.3. The minimum absolute atomic E-state index is 0.0216. The molecule has 2 N–H and O–H groups in total. The Hall–Kier alpha value is -2.17. The van der Waals surface area contributed by atoms with E-state index in [4.69, 9.17) is 5.11 Å². The largest absolute Gasteiger partial charge is 0.481 e. The molecule has 0 bridgehead atoms. The summed E-state index contributed by atoms with van der Waals surface area (Å²) in [4.78, 5) is 22.2. The van der Waals surface area contributed by atoms with Crippen LogP contribution in [0.3, 0.4) is 0 Å². The summed E-state index contributed by atoms with van der Waals surface area (Å²) in [5.41, 5.74) is 0.334. The van der Waals surface area contributed by atoms with E-state index in [1.807, 2.05) is 6.92 Å². The van der Waals surface area contributed by atoms with E-state index in [0.29, 0.717) is 18.5 Å². The van der Waals surface area contributed by atoms with Gasteiger partial charge in [0.25, 0.3) is 0 Å². The molecular formula is C15H18FNO3. The maximum absolute atomic E-state index is 13.3. The second-order valence-electron chi connectivity index (χ2n) is 4.47. The second kappa shape index (κ2) is 8.09. The number of nitrogens with one attached hydrogen (secondary N) is 1. The number of rotatable bonds is 7. The quantitative estimate of drug-likeness (QED) is 0.753. The fraction of sp³-hybridized carbons (Fsp3) is 0.333. The van der Waals surface area contributed by atoms with Gasteiger partial charge in [-0.15, -0.1) is 0 Å². The van der Waals surface area contributed by atoms with Gasteiger partial charge in [0.1, 0.15) is 5.82 Å². The Morgan fingerprint density at radius 1 is 1.40 bits per heavy atom. The number of carboxylic acids is 1. The molecule has 0 heterocycles. The standard InChI is InChI=1S/C15H18FNO3/c1-2-11(9-15(19)20)10-17-14(18)8-7-12-5-3-4-6-13(12)16/h3-8,11H,2,9-10H2,1H3,(H,17,18)(H,19,20)/b8-7+. The van der Waals surface area contributed by atoms with Gasteiger partial charge in [-0.05, 0) is 18.1 Å². The van der Waals surface area contributed by atoms with Crippen LogP contribution in [-0.2, 0) is 9.59 Å². The van der Waals surface area contributed by atoms with Gasteiger partial charge in [-0.2, -0.15) is 0 Å². The number of benzene rings is 1.